The third-order valence-electron chi connectivity index (χ3n) is 4.16. The summed E-state index contributed by atoms with van der Waals surface area (Å²) in [5.41, 5.74) is 2.60. The highest BCUT2D eigenvalue weighted by molar-refractivity contribution is 6.12. The lowest BCUT2D eigenvalue weighted by atomic mass is 9.81. The van der Waals surface area contributed by atoms with Gasteiger partial charge in [-0.3, -0.25) is 0 Å². The van der Waals surface area contributed by atoms with Gasteiger partial charge in [-0.15, -0.1) is 0 Å². The molecule has 94 valence electrons. The number of hydrogen-bond donors (Lipinski definition) is 2. The summed E-state index contributed by atoms with van der Waals surface area (Å²) in [5.74, 6) is -1.77. The molecule has 0 saturated carbocycles. The van der Waals surface area contributed by atoms with E-state index in [1.54, 1.807) is 0 Å². The van der Waals surface area contributed by atoms with Crippen LogP contribution in [0, 0.1) is 6.92 Å². The van der Waals surface area contributed by atoms with Crippen LogP contribution in [0.15, 0.2) is 42.5 Å². The quantitative estimate of drug-likeness (QED) is 0.475. The van der Waals surface area contributed by atoms with Crippen LogP contribution in [0.2, 0.25) is 0 Å². The zero-order valence-corrected chi connectivity index (χ0v) is 10.6. The van der Waals surface area contributed by atoms with E-state index in [0.717, 1.165) is 32.7 Å². The van der Waals surface area contributed by atoms with Crippen LogP contribution in [0.4, 0.5) is 0 Å². The Morgan fingerprint density at radius 2 is 1.58 bits per heavy atom. The number of benzene rings is 3. The first-order valence-corrected chi connectivity index (χ1v) is 6.47. The van der Waals surface area contributed by atoms with Crippen molar-refractivity contribution in [3.05, 3.63) is 59.2 Å². The Kier molecular flexibility index (Phi) is 1.93. The Balaban J connectivity index is 2.38. The smallest absolute Gasteiger partial charge is 0.194 e. The topological polar surface area (TPSA) is 40.5 Å². The maximum absolute atomic E-state index is 10.4. The molecular weight excluding hydrogens is 236 g/mol. The van der Waals surface area contributed by atoms with Gasteiger partial charge in [0.2, 0.25) is 0 Å². The molecule has 2 N–H and O–H groups in total. The number of hydrogen-bond acceptors (Lipinski definition) is 2. The second kappa shape index (κ2) is 3.35. The molecule has 0 unspecified atom stereocenters. The van der Waals surface area contributed by atoms with E-state index < -0.39 is 5.79 Å². The van der Waals surface area contributed by atoms with E-state index in [9.17, 15) is 10.2 Å². The Labute approximate surface area is 110 Å². The normalized spacial score (nSPS) is 16.4. The Morgan fingerprint density at radius 1 is 0.895 bits per heavy atom. The fourth-order valence-corrected chi connectivity index (χ4v) is 3.39. The molecule has 0 aromatic heterocycles. The molecule has 0 bridgehead atoms. The van der Waals surface area contributed by atoms with Crippen molar-refractivity contribution in [1.29, 1.82) is 0 Å². The Bertz CT molecular complexity index is 831. The van der Waals surface area contributed by atoms with Crippen molar-refractivity contribution in [3.63, 3.8) is 0 Å². The summed E-state index contributed by atoms with van der Waals surface area (Å²) in [4.78, 5) is 0. The van der Waals surface area contributed by atoms with Gasteiger partial charge in [-0.2, -0.15) is 0 Å². The van der Waals surface area contributed by atoms with Crippen molar-refractivity contribution in [3.8, 4) is 0 Å². The predicted molar refractivity (Wildman–Crippen MR) is 76.0 cm³/mol. The minimum Gasteiger partial charge on any atom is -0.362 e. The Hall–Kier alpha value is -1.90. The molecule has 0 aliphatic heterocycles. The van der Waals surface area contributed by atoms with E-state index >= 15 is 0 Å². The van der Waals surface area contributed by atoms with Crippen molar-refractivity contribution in [2.45, 2.75) is 19.1 Å². The molecule has 2 nitrogen and oxygen atoms in total. The van der Waals surface area contributed by atoms with Crippen molar-refractivity contribution in [2.75, 3.05) is 0 Å². The van der Waals surface area contributed by atoms with Crippen molar-refractivity contribution < 1.29 is 10.2 Å². The largest absolute Gasteiger partial charge is 0.362 e. The molecule has 1 aliphatic carbocycles. The van der Waals surface area contributed by atoms with E-state index in [4.69, 9.17) is 0 Å². The molecule has 0 saturated heterocycles. The van der Waals surface area contributed by atoms with Gasteiger partial charge in [0.1, 0.15) is 0 Å². The molecule has 0 spiro atoms. The summed E-state index contributed by atoms with van der Waals surface area (Å²) in [5, 5.41) is 25.2. The van der Waals surface area contributed by atoms with Gasteiger partial charge in [0.25, 0.3) is 0 Å². The molecule has 0 fully saturated rings. The summed E-state index contributed by atoms with van der Waals surface area (Å²) >= 11 is 0. The first kappa shape index (κ1) is 11.0. The van der Waals surface area contributed by atoms with Gasteiger partial charge in [-0.1, -0.05) is 42.5 Å². The second-order valence-electron chi connectivity index (χ2n) is 5.43. The van der Waals surface area contributed by atoms with Gasteiger partial charge in [0, 0.05) is 12.0 Å². The van der Waals surface area contributed by atoms with Crippen LogP contribution >= 0.6 is 0 Å². The molecule has 3 aromatic rings. The first-order chi connectivity index (χ1) is 9.08. The van der Waals surface area contributed by atoms with E-state index in [1.165, 1.54) is 0 Å². The van der Waals surface area contributed by atoms with Crippen LogP contribution in [0.5, 0.6) is 0 Å². The first-order valence-electron chi connectivity index (χ1n) is 6.47. The van der Waals surface area contributed by atoms with E-state index in [0.29, 0.717) is 5.56 Å². The molecule has 0 radical (unpaired) electrons. The molecule has 19 heavy (non-hydrogen) atoms. The average Bonchev–Trinajstić information content (AvgIpc) is 2.37. The highest BCUT2D eigenvalue weighted by Gasteiger charge is 2.35. The maximum atomic E-state index is 10.4. The molecule has 0 atom stereocenters. The zero-order valence-electron chi connectivity index (χ0n) is 10.6. The van der Waals surface area contributed by atoms with Crippen molar-refractivity contribution in [2.24, 2.45) is 0 Å². The van der Waals surface area contributed by atoms with Crippen LogP contribution in [0.1, 0.15) is 16.7 Å². The monoisotopic (exact) mass is 250 g/mol. The van der Waals surface area contributed by atoms with Crippen molar-refractivity contribution in [1.82, 2.24) is 0 Å². The standard InChI is InChI=1S/C17H14O2/c1-10-5-6-12-8-7-11-3-2-4-13-9-17(18,19)16(10)15(12)14(11)13/h2-8,18-19H,9H2,1H3. The van der Waals surface area contributed by atoms with Crippen molar-refractivity contribution >= 4 is 21.5 Å². The number of rotatable bonds is 0. The molecule has 0 amide bonds. The summed E-state index contributed by atoms with van der Waals surface area (Å²) in [6, 6.07) is 14.2. The van der Waals surface area contributed by atoms with Gasteiger partial charge < -0.3 is 10.2 Å². The molecular formula is C17H14O2. The third-order valence-corrected chi connectivity index (χ3v) is 4.16. The summed E-state index contributed by atoms with van der Waals surface area (Å²) in [7, 11) is 0. The van der Waals surface area contributed by atoms with Gasteiger partial charge in [0.05, 0.1) is 0 Å². The highest BCUT2D eigenvalue weighted by Crippen LogP contribution is 2.42. The van der Waals surface area contributed by atoms with Crippen LogP contribution in [-0.2, 0) is 12.2 Å². The average molecular weight is 250 g/mol. The second-order valence-corrected chi connectivity index (χ2v) is 5.43. The lowest BCUT2D eigenvalue weighted by Crippen LogP contribution is -2.31. The fourth-order valence-electron chi connectivity index (χ4n) is 3.39. The predicted octanol–water partition coefficient (Wildman–Crippen LogP) is 2.99. The summed E-state index contributed by atoms with van der Waals surface area (Å²) in [6.07, 6.45) is 0.251. The fraction of sp³-hybridized carbons (Fsp3) is 0.176. The number of aryl methyl sites for hydroxylation is 1. The van der Waals surface area contributed by atoms with Gasteiger partial charge in [-0.25, -0.2) is 0 Å². The lowest BCUT2D eigenvalue weighted by Gasteiger charge is -2.31. The molecule has 2 heteroatoms. The van der Waals surface area contributed by atoms with E-state index in [2.05, 4.69) is 12.1 Å². The summed E-state index contributed by atoms with van der Waals surface area (Å²) in [6.45, 7) is 1.93. The molecule has 3 aromatic carbocycles. The van der Waals surface area contributed by atoms with E-state index in [1.807, 2.05) is 37.3 Å². The molecule has 1 aliphatic rings. The van der Waals surface area contributed by atoms with Crippen LogP contribution < -0.4 is 0 Å². The maximum Gasteiger partial charge on any atom is 0.194 e. The third kappa shape index (κ3) is 1.33. The van der Waals surface area contributed by atoms with Crippen LogP contribution in [-0.4, -0.2) is 10.2 Å². The zero-order chi connectivity index (χ0) is 13.2. The van der Waals surface area contributed by atoms with Gasteiger partial charge >= 0.3 is 0 Å². The van der Waals surface area contributed by atoms with Crippen LogP contribution in [0.25, 0.3) is 21.5 Å². The van der Waals surface area contributed by atoms with Gasteiger partial charge in [-0.05, 0) is 39.6 Å². The van der Waals surface area contributed by atoms with E-state index in [-0.39, 0.29) is 6.42 Å². The highest BCUT2D eigenvalue weighted by atomic mass is 16.5. The minimum atomic E-state index is -1.77. The van der Waals surface area contributed by atoms with Crippen LogP contribution in [0.3, 0.4) is 0 Å². The van der Waals surface area contributed by atoms with Gasteiger partial charge in [0.15, 0.2) is 5.79 Å². The Morgan fingerprint density at radius 3 is 2.37 bits per heavy atom. The minimum absolute atomic E-state index is 0.251. The lowest BCUT2D eigenvalue weighted by molar-refractivity contribution is -0.167. The molecule has 4 rings (SSSR count). The SMILES string of the molecule is Cc1ccc2ccc3cccc4c3c2c1C(O)(O)C4. The summed E-state index contributed by atoms with van der Waals surface area (Å²) < 4.78 is 0. The number of aliphatic hydroxyl groups is 2. The molecule has 0 heterocycles.